The molecule has 2 aliphatic heterocycles. The second-order valence-corrected chi connectivity index (χ2v) is 5.45. The molecule has 0 aromatic heterocycles. The van der Waals surface area contributed by atoms with E-state index in [9.17, 15) is 0 Å². The first kappa shape index (κ1) is 12.2. The molecular formula is C15H23N3. The van der Waals surface area contributed by atoms with Crippen LogP contribution in [0.4, 0.5) is 0 Å². The van der Waals surface area contributed by atoms with Crippen LogP contribution in [0.5, 0.6) is 0 Å². The molecule has 0 saturated carbocycles. The summed E-state index contributed by atoms with van der Waals surface area (Å²) in [6.45, 7) is 8.39. The molecule has 2 heterocycles. The molecule has 0 spiro atoms. The fourth-order valence-electron chi connectivity index (χ4n) is 3.14. The SMILES string of the molecule is c1ccc(CN2CCC(N3CCNCC3)C2)cc1. The Morgan fingerprint density at radius 1 is 1.06 bits per heavy atom. The molecule has 1 N–H and O–H groups in total. The summed E-state index contributed by atoms with van der Waals surface area (Å²) in [4.78, 5) is 5.27. The summed E-state index contributed by atoms with van der Waals surface area (Å²) in [5, 5.41) is 3.43. The van der Waals surface area contributed by atoms with Gasteiger partial charge < -0.3 is 5.32 Å². The van der Waals surface area contributed by atoms with E-state index in [2.05, 4.69) is 45.4 Å². The average molecular weight is 245 g/mol. The summed E-state index contributed by atoms with van der Waals surface area (Å²) >= 11 is 0. The zero-order valence-electron chi connectivity index (χ0n) is 11.0. The zero-order chi connectivity index (χ0) is 12.2. The maximum absolute atomic E-state index is 3.43. The van der Waals surface area contributed by atoms with E-state index in [0.717, 1.165) is 25.7 Å². The highest BCUT2D eigenvalue weighted by Gasteiger charge is 2.28. The minimum absolute atomic E-state index is 0.788. The van der Waals surface area contributed by atoms with Crippen molar-refractivity contribution in [2.75, 3.05) is 39.3 Å². The lowest BCUT2D eigenvalue weighted by atomic mass is 10.2. The van der Waals surface area contributed by atoms with Gasteiger partial charge in [0.15, 0.2) is 0 Å². The Kier molecular flexibility index (Phi) is 3.93. The molecule has 2 fully saturated rings. The quantitative estimate of drug-likeness (QED) is 0.862. The van der Waals surface area contributed by atoms with Crippen molar-refractivity contribution in [1.82, 2.24) is 15.1 Å². The first-order chi connectivity index (χ1) is 8.92. The van der Waals surface area contributed by atoms with Crippen molar-refractivity contribution in [3.63, 3.8) is 0 Å². The van der Waals surface area contributed by atoms with Crippen LogP contribution in [0.25, 0.3) is 0 Å². The van der Waals surface area contributed by atoms with Crippen molar-refractivity contribution >= 4 is 0 Å². The Balaban J connectivity index is 1.52. The van der Waals surface area contributed by atoms with Gasteiger partial charge in [-0.05, 0) is 12.0 Å². The third-order valence-electron chi connectivity index (χ3n) is 4.16. The topological polar surface area (TPSA) is 18.5 Å². The number of nitrogens with zero attached hydrogens (tertiary/aromatic N) is 2. The first-order valence-corrected chi connectivity index (χ1v) is 7.13. The Hall–Kier alpha value is -0.900. The largest absolute Gasteiger partial charge is 0.314 e. The Morgan fingerprint density at radius 3 is 2.61 bits per heavy atom. The lowest BCUT2D eigenvalue weighted by molar-refractivity contribution is 0.170. The van der Waals surface area contributed by atoms with Crippen LogP contribution in [0.1, 0.15) is 12.0 Å². The summed E-state index contributed by atoms with van der Waals surface area (Å²) in [6.07, 6.45) is 1.34. The van der Waals surface area contributed by atoms with Gasteiger partial charge in [0.25, 0.3) is 0 Å². The van der Waals surface area contributed by atoms with Gasteiger partial charge in [-0.2, -0.15) is 0 Å². The molecule has 1 aromatic rings. The van der Waals surface area contributed by atoms with Gasteiger partial charge in [0, 0.05) is 51.9 Å². The molecule has 0 amide bonds. The molecule has 1 unspecified atom stereocenters. The second-order valence-electron chi connectivity index (χ2n) is 5.45. The molecule has 18 heavy (non-hydrogen) atoms. The predicted molar refractivity (Wildman–Crippen MR) is 74.6 cm³/mol. The average Bonchev–Trinajstić information content (AvgIpc) is 2.89. The van der Waals surface area contributed by atoms with Crippen molar-refractivity contribution in [3.8, 4) is 0 Å². The highest BCUT2D eigenvalue weighted by atomic mass is 15.3. The Labute approximate surface area is 110 Å². The number of nitrogens with one attached hydrogen (secondary N) is 1. The van der Waals surface area contributed by atoms with Crippen molar-refractivity contribution in [1.29, 1.82) is 0 Å². The van der Waals surface area contributed by atoms with E-state index in [0.29, 0.717) is 0 Å². The van der Waals surface area contributed by atoms with Crippen LogP contribution in [0.15, 0.2) is 30.3 Å². The molecule has 2 saturated heterocycles. The molecule has 0 radical (unpaired) electrons. The van der Waals surface area contributed by atoms with Gasteiger partial charge in [0.05, 0.1) is 0 Å². The van der Waals surface area contributed by atoms with E-state index in [1.807, 2.05) is 0 Å². The highest BCUT2D eigenvalue weighted by molar-refractivity contribution is 5.14. The molecular weight excluding hydrogens is 222 g/mol. The zero-order valence-corrected chi connectivity index (χ0v) is 11.0. The van der Waals surface area contributed by atoms with E-state index in [-0.39, 0.29) is 0 Å². The standard InChI is InChI=1S/C15H23N3/c1-2-4-14(5-3-1)12-17-9-6-15(13-17)18-10-7-16-8-11-18/h1-5,15-16H,6-13H2. The van der Waals surface area contributed by atoms with Crippen LogP contribution >= 0.6 is 0 Å². The maximum Gasteiger partial charge on any atom is 0.0236 e. The lowest BCUT2D eigenvalue weighted by Gasteiger charge is -2.32. The molecule has 3 nitrogen and oxygen atoms in total. The van der Waals surface area contributed by atoms with Crippen molar-refractivity contribution < 1.29 is 0 Å². The molecule has 0 aliphatic carbocycles. The summed E-state index contributed by atoms with van der Waals surface area (Å²) in [6, 6.07) is 11.6. The van der Waals surface area contributed by atoms with Gasteiger partial charge in [-0.15, -0.1) is 0 Å². The minimum Gasteiger partial charge on any atom is -0.314 e. The normalized spacial score (nSPS) is 26.6. The van der Waals surface area contributed by atoms with Crippen LogP contribution in [0.2, 0.25) is 0 Å². The third-order valence-corrected chi connectivity index (χ3v) is 4.16. The fourth-order valence-corrected chi connectivity index (χ4v) is 3.14. The predicted octanol–water partition coefficient (Wildman–Crippen LogP) is 1.17. The summed E-state index contributed by atoms with van der Waals surface area (Å²) in [7, 11) is 0. The van der Waals surface area contributed by atoms with Gasteiger partial charge in [-0.1, -0.05) is 30.3 Å². The van der Waals surface area contributed by atoms with Crippen LogP contribution < -0.4 is 5.32 Å². The van der Waals surface area contributed by atoms with Crippen molar-refractivity contribution in [2.24, 2.45) is 0 Å². The summed E-state index contributed by atoms with van der Waals surface area (Å²) in [5.41, 5.74) is 1.44. The van der Waals surface area contributed by atoms with Crippen LogP contribution in [-0.4, -0.2) is 55.1 Å². The first-order valence-electron chi connectivity index (χ1n) is 7.13. The minimum atomic E-state index is 0.788. The number of hydrogen-bond acceptors (Lipinski definition) is 3. The van der Waals surface area contributed by atoms with E-state index >= 15 is 0 Å². The fraction of sp³-hybridized carbons (Fsp3) is 0.600. The second kappa shape index (κ2) is 5.83. The van der Waals surface area contributed by atoms with E-state index < -0.39 is 0 Å². The van der Waals surface area contributed by atoms with E-state index in [1.54, 1.807) is 0 Å². The monoisotopic (exact) mass is 245 g/mol. The Morgan fingerprint density at radius 2 is 1.83 bits per heavy atom. The molecule has 98 valence electrons. The maximum atomic E-state index is 3.43. The molecule has 3 heteroatoms. The molecule has 1 aromatic carbocycles. The smallest absolute Gasteiger partial charge is 0.0236 e. The lowest BCUT2D eigenvalue weighted by Crippen LogP contribution is -2.49. The molecule has 2 aliphatic rings. The van der Waals surface area contributed by atoms with E-state index in [1.165, 1.54) is 38.2 Å². The molecule has 3 rings (SSSR count). The molecule has 1 atom stereocenters. The van der Waals surface area contributed by atoms with Crippen molar-refractivity contribution in [3.05, 3.63) is 35.9 Å². The van der Waals surface area contributed by atoms with Crippen LogP contribution in [-0.2, 0) is 6.54 Å². The third kappa shape index (κ3) is 2.91. The summed E-state index contributed by atoms with van der Waals surface area (Å²) in [5.74, 6) is 0. The number of benzene rings is 1. The molecule has 0 bridgehead atoms. The van der Waals surface area contributed by atoms with Gasteiger partial charge in [-0.25, -0.2) is 0 Å². The number of hydrogen-bond donors (Lipinski definition) is 1. The summed E-state index contributed by atoms with van der Waals surface area (Å²) < 4.78 is 0. The van der Waals surface area contributed by atoms with Crippen LogP contribution in [0.3, 0.4) is 0 Å². The van der Waals surface area contributed by atoms with Gasteiger partial charge in [0.2, 0.25) is 0 Å². The van der Waals surface area contributed by atoms with Crippen molar-refractivity contribution in [2.45, 2.75) is 19.0 Å². The van der Waals surface area contributed by atoms with Gasteiger partial charge in [-0.3, -0.25) is 9.80 Å². The number of piperazine rings is 1. The highest BCUT2D eigenvalue weighted by Crippen LogP contribution is 2.18. The van der Waals surface area contributed by atoms with Gasteiger partial charge >= 0.3 is 0 Å². The Bertz CT molecular complexity index is 359. The number of likely N-dealkylation sites (tertiary alicyclic amines) is 1. The van der Waals surface area contributed by atoms with Gasteiger partial charge in [0.1, 0.15) is 0 Å². The van der Waals surface area contributed by atoms with Crippen LogP contribution in [0, 0.1) is 0 Å². The van der Waals surface area contributed by atoms with E-state index in [4.69, 9.17) is 0 Å². The number of rotatable bonds is 3.